The Balaban J connectivity index is 1.54. The second-order valence-corrected chi connectivity index (χ2v) is 5.73. The van der Waals surface area contributed by atoms with Crippen molar-refractivity contribution in [1.82, 2.24) is 5.32 Å². The largest absolute Gasteiger partial charge is 0.489 e. The first-order valence-electron chi connectivity index (χ1n) is 8.11. The molecule has 3 aromatic carbocycles. The molecule has 5 heteroatoms. The van der Waals surface area contributed by atoms with Crippen molar-refractivity contribution in [2.75, 3.05) is 0 Å². The second kappa shape index (κ2) is 8.25. The van der Waals surface area contributed by atoms with Crippen LogP contribution in [0.3, 0.4) is 0 Å². The van der Waals surface area contributed by atoms with Crippen LogP contribution in [0.1, 0.15) is 21.5 Å². The van der Waals surface area contributed by atoms with Crippen molar-refractivity contribution < 1.29 is 18.3 Å². The molecule has 26 heavy (non-hydrogen) atoms. The molecule has 1 N–H and O–H groups in total. The minimum atomic E-state index is -0.752. The van der Waals surface area contributed by atoms with Crippen LogP contribution in [0.15, 0.2) is 72.8 Å². The molecule has 0 aromatic heterocycles. The maximum Gasteiger partial charge on any atom is 0.254 e. The van der Waals surface area contributed by atoms with Crippen LogP contribution in [0.4, 0.5) is 8.78 Å². The molecule has 3 rings (SSSR count). The Morgan fingerprint density at radius 1 is 0.885 bits per heavy atom. The number of carbonyl (C=O) groups is 1. The summed E-state index contributed by atoms with van der Waals surface area (Å²) in [5.74, 6) is -1.27. The van der Waals surface area contributed by atoms with Crippen molar-refractivity contribution in [3.63, 3.8) is 0 Å². The van der Waals surface area contributed by atoms with Gasteiger partial charge >= 0.3 is 0 Å². The van der Waals surface area contributed by atoms with Gasteiger partial charge in [-0.05, 0) is 41.5 Å². The first-order valence-corrected chi connectivity index (χ1v) is 8.11. The summed E-state index contributed by atoms with van der Waals surface area (Å²) in [5.41, 5.74) is 1.52. The number of carbonyl (C=O) groups excluding carboxylic acids is 1. The topological polar surface area (TPSA) is 38.3 Å². The lowest BCUT2D eigenvalue weighted by molar-refractivity contribution is 0.0946. The van der Waals surface area contributed by atoms with E-state index < -0.39 is 17.5 Å². The summed E-state index contributed by atoms with van der Waals surface area (Å²) in [6.07, 6.45) is 0. The summed E-state index contributed by atoms with van der Waals surface area (Å²) >= 11 is 0. The van der Waals surface area contributed by atoms with Crippen LogP contribution in [-0.4, -0.2) is 5.91 Å². The third-order valence-corrected chi connectivity index (χ3v) is 3.80. The van der Waals surface area contributed by atoms with Crippen molar-refractivity contribution in [2.24, 2.45) is 0 Å². The third kappa shape index (κ3) is 4.66. The Morgan fingerprint density at radius 3 is 2.31 bits per heavy atom. The monoisotopic (exact) mass is 353 g/mol. The minimum absolute atomic E-state index is 0.217. The van der Waals surface area contributed by atoms with Crippen molar-refractivity contribution in [2.45, 2.75) is 13.2 Å². The standard InChI is InChI=1S/C21H17F2NO2/c22-17-10-11-20(23)19(12-17)21(25)24-13-15-6-8-16(9-7-15)14-26-18-4-2-1-3-5-18/h1-12H,13-14H2,(H,24,25). The molecule has 1 amide bonds. The zero-order valence-corrected chi connectivity index (χ0v) is 13.9. The molecule has 3 aromatic rings. The van der Waals surface area contributed by atoms with E-state index in [2.05, 4.69) is 5.32 Å². The third-order valence-electron chi connectivity index (χ3n) is 3.80. The van der Waals surface area contributed by atoms with Crippen molar-refractivity contribution >= 4 is 5.91 Å². The van der Waals surface area contributed by atoms with Gasteiger partial charge in [0.2, 0.25) is 0 Å². The molecule has 132 valence electrons. The highest BCUT2D eigenvalue weighted by atomic mass is 19.1. The molecule has 3 nitrogen and oxygen atoms in total. The molecule has 0 aliphatic heterocycles. The molecule has 0 bridgehead atoms. The Morgan fingerprint density at radius 2 is 1.58 bits per heavy atom. The van der Waals surface area contributed by atoms with Gasteiger partial charge in [0.15, 0.2) is 0 Å². The molecular formula is C21H17F2NO2. The second-order valence-electron chi connectivity index (χ2n) is 5.73. The highest BCUT2D eigenvalue weighted by Crippen LogP contribution is 2.13. The van der Waals surface area contributed by atoms with E-state index in [0.717, 1.165) is 35.1 Å². The van der Waals surface area contributed by atoms with Crippen molar-refractivity contribution in [3.05, 3.63) is 101 Å². The average Bonchev–Trinajstić information content (AvgIpc) is 2.68. The highest BCUT2D eigenvalue weighted by molar-refractivity contribution is 5.94. The van der Waals surface area contributed by atoms with Crippen LogP contribution in [-0.2, 0) is 13.2 Å². The van der Waals surface area contributed by atoms with Gasteiger partial charge in [0.25, 0.3) is 5.91 Å². The van der Waals surface area contributed by atoms with Crippen LogP contribution in [0.5, 0.6) is 5.75 Å². The van der Waals surface area contributed by atoms with E-state index >= 15 is 0 Å². The van der Waals surface area contributed by atoms with E-state index in [0.29, 0.717) is 6.61 Å². The van der Waals surface area contributed by atoms with Gasteiger partial charge in [-0.25, -0.2) is 8.78 Å². The zero-order chi connectivity index (χ0) is 18.4. The SMILES string of the molecule is O=C(NCc1ccc(COc2ccccc2)cc1)c1cc(F)ccc1F. The van der Waals surface area contributed by atoms with E-state index in [1.54, 1.807) is 0 Å². The number of hydrogen-bond donors (Lipinski definition) is 1. The van der Waals surface area contributed by atoms with Gasteiger partial charge in [-0.15, -0.1) is 0 Å². The molecule has 0 radical (unpaired) electrons. The van der Waals surface area contributed by atoms with E-state index in [1.807, 2.05) is 54.6 Å². The van der Waals surface area contributed by atoms with Crippen LogP contribution >= 0.6 is 0 Å². The Labute approximate surface area is 150 Å². The predicted molar refractivity (Wildman–Crippen MR) is 94.7 cm³/mol. The molecule has 0 saturated heterocycles. The van der Waals surface area contributed by atoms with Gasteiger partial charge < -0.3 is 10.1 Å². The normalized spacial score (nSPS) is 10.4. The van der Waals surface area contributed by atoms with Crippen LogP contribution < -0.4 is 10.1 Å². The summed E-state index contributed by atoms with van der Waals surface area (Å²) in [5, 5.41) is 2.58. The molecule has 0 aliphatic rings. The summed E-state index contributed by atoms with van der Waals surface area (Å²) in [6, 6.07) is 19.8. The quantitative estimate of drug-likeness (QED) is 0.710. The lowest BCUT2D eigenvalue weighted by Gasteiger charge is -2.09. The average molecular weight is 353 g/mol. The molecule has 0 aliphatic carbocycles. The van der Waals surface area contributed by atoms with Crippen LogP contribution in [0, 0.1) is 11.6 Å². The summed E-state index contributed by atoms with van der Waals surface area (Å²) in [4.78, 5) is 12.0. The molecule has 0 unspecified atom stereocenters. The number of para-hydroxylation sites is 1. The van der Waals surface area contributed by atoms with Crippen LogP contribution in [0.25, 0.3) is 0 Å². The smallest absolute Gasteiger partial charge is 0.254 e. The molecular weight excluding hydrogens is 336 g/mol. The molecule has 0 heterocycles. The van der Waals surface area contributed by atoms with Crippen molar-refractivity contribution in [1.29, 1.82) is 0 Å². The van der Waals surface area contributed by atoms with E-state index in [9.17, 15) is 13.6 Å². The van der Waals surface area contributed by atoms with E-state index in [4.69, 9.17) is 4.74 Å². The minimum Gasteiger partial charge on any atom is -0.489 e. The number of amides is 1. The number of hydrogen-bond acceptors (Lipinski definition) is 2. The Bertz CT molecular complexity index is 880. The Kier molecular flexibility index (Phi) is 5.59. The van der Waals surface area contributed by atoms with E-state index in [1.165, 1.54) is 0 Å². The lowest BCUT2D eigenvalue weighted by atomic mass is 10.1. The number of ether oxygens (including phenoxy) is 1. The predicted octanol–water partition coefficient (Wildman–Crippen LogP) is 4.47. The molecule has 0 atom stereocenters. The van der Waals surface area contributed by atoms with Gasteiger partial charge in [0.1, 0.15) is 24.0 Å². The van der Waals surface area contributed by atoms with Gasteiger partial charge in [-0.1, -0.05) is 42.5 Å². The molecule has 0 fully saturated rings. The fourth-order valence-electron chi connectivity index (χ4n) is 2.39. The highest BCUT2D eigenvalue weighted by Gasteiger charge is 2.12. The zero-order valence-electron chi connectivity index (χ0n) is 13.9. The van der Waals surface area contributed by atoms with Gasteiger partial charge in [0.05, 0.1) is 5.56 Å². The first kappa shape index (κ1) is 17.6. The van der Waals surface area contributed by atoms with Gasteiger partial charge in [0, 0.05) is 6.54 Å². The van der Waals surface area contributed by atoms with Crippen molar-refractivity contribution in [3.8, 4) is 5.75 Å². The molecule has 0 saturated carbocycles. The number of nitrogens with one attached hydrogen (secondary N) is 1. The first-order chi connectivity index (χ1) is 12.6. The van der Waals surface area contributed by atoms with Crippen LogP contribution in [0.2, 0.25) is 0 Å². The number of rotatable bonds is 6. The maximum atomic E-state index is 13.6. The number of benzene rings is 3. The fourth-order valence-corrected chi connectivity index (χ4v) is 2.39. The maximum absolute atomic E-state index is 13.6. The van der Waals surface area contributed by atoms with E-state index in [-0.39, 0.29) is 12.1 Å². The fraction of sp³-hybridized carbons (Fsp3) is 0.0952. The van der Waals surface area contributed by atoms with Gasteiger partial charge in [-0.2, -0.15) is 0 Å². The molecule has 0 spiro atoms. The summed E-state index contributed by atoms with van der Waals surface area (Å²) in [7, 11) is 0. The van der Waals surface area contributed by atoms with Gasteiger partial charge in [-0.3, -0.25) is 4.79 Å². The Hall–Kier alpha value is -3.21. The summed E-state index contributed by atoms with van der Waals surface area (Å²) in [6.45, 7) is 0.653. The summed E-state index contributed by atoms with van der Waals surface area (Å²) < 4.78 is 32.4. The lowest BCUT2D eigenvalue weighted by Crippen LogP contribution is -2.24. The number of halogens is 2.